The molecule has 3 heterocycles. The molecule has 1 aromatic carbocycles. The van der Waals surface area contributed by atoms with Gasteiger partial charge in [0.15, 0.2) is 11.6 Å². The molecular formula is C19H18FN7O2. The second-order valence-electron chi connectivity index (χ2n) is 6.20. The summed E-state index contributed by atoms with van der Waals surface area (Å²) in [4.78, 5) is 8.63. The van der Waals surface area contributed by atoms with Gasteiger partial charge in [0.1, 0.15) is 23.5 Å². The van der Waals surface area contributed by atoms with Crippen molar-refractivity contribution in [1.82, 2.24) is 24.9 Å². The topological polar surface area (TPSA) is 128 Å². The second kappa shape index (κ2) is 8.07. The molecule has 9 nitrogen and oxygen atoms in total. The summed E-state index contributed by atoms with van der Waals surface area (Å²) < 4.78 is 20.7. The lowest BCUT2D eigenvalue weighted by Gasteiger charge is -2.07. The highest BCUT2D eigenvalue weighted by molar-refractivity contribution is 5.67. The standard InChI is InChI=1S/C19H18FN7O2/c20-13-4-2-1-3-12(13)11-27-17(15-5-8-29-26-15)9-16(25-27)19-23-10-14(21)18(24-19)22-6-7-28/h1-5,8-10,28H,6-7,11,21H2,(H,22,23,24). The van der Waals surface area contributed by atoms with E-state index in [0.29, 0.717) is 46.5 Å². The first-order valence-corrected chi connectivity index (χ1v) is 8.85. The van der Waals surface area contributed by atoms with E-state index >= 15 is 0 Å². The maximum Gasteiger partial charge on any atom is 0.182 e. The highest BCUT2D eigenvalue weighted by atomic mass is 19.1. The number of rotatable bonds is 7. The first-order valence-electron chi connectivity index (χ1n) is 8.85. The summed E-state index contributed by atoms with van der Waals surface area (Å²) in [5, 5.41) is 20.4. The van der Waals surface area contributed by atoms with Crippen LogP contribution in [0.1, 0.15) is 5.56 Å². The van der Waals surface area contributed by atoms with Gasteiger partial charge < -0.3 is 20.7 Å². The summed E-state index contributed by atoms with van der Waals surface area (Å²) in [5.74, 6) is 0.405. The normalized spacial score (nSPS) is 11.0. The molecule has 29 heavy (non-hydrogen) atoms. The maximum atomic E-state index is 14.2. The van der Waals surface area contributed by atoms with E-state index in [-0.39, 0.29) is 19.0 Å². The molecule has 0 amide bonds. The van der Waals surface area contributed by atoms with Crippen LogP contribution in [0.3, 0.4) is 0 Å². The Balaban J connectivity index is 1.75. The Labute approximate surface area is 165 Å². The van der Waals surface area contributed by atoms with Crippen molar-refractivity contribution < 1.29 is 14.0 Å². The minimum Gasteiger partial charge on any atom is -0.395 e. The van der Waals surface area contributed by atoms with E-state index in [4.69, 9.17) is 15.4 Å². The predicted molar refractivity (Wildman–Crippen MR) is 104 cm³/mol. The van der Waals surface area contributed by atoms with E-state index in [1.54, 1.807) is 35.0 Å². The van der Waals surface area contributed by atoms with Crippen LogP contribution < -0.4 is 11.1 Å². The Hall–Kier alpha value is -3.79. The number of nitrogens with zero attached hydrogens (tertiary/aromatic N) is 5. The highest BCUT2D eigenvalue weighted by Crippen LogP contribution is 2.26. The van der Waals surface area contributed by atoms with Gasteiger partial charge in [-0.2, -0.15) is 5.10 Å². The quantitative estimate of drug-likeness (QED) is 0.434. The van der Waals surface area contributed by atoms with Crippen molar-refractivity contribution in [1.29, 1.82) is 0 Å². The van der Waals surface area contributed by atoms with Gasteiger partial charge in [0.05, 0.1) is 30.7 Å². The van der Waals surface area contributed by atoms with Crippen LogP contribution in [0, 0.1) is 5.82 Å². The molecule has 0 atom stereocenters. The predicted octanol–water partition coefficient (Wildman–Crippen LogP) is 2.17. The molecule has 0 spiro atoms. The third-order valence-corrected chi connectivity index (χ3v) is 4.21. The molecule has 0 unspecified atom stereocenters. The van der Waals surface area contributed by atoms with Crippen LogP contribution >= 0.6 is 0 Å². The van der Waals surface area contributed by atoms with Crippen LogP contribution in [0.4, 0.5) is 15.9 Å². The van der Waals surface area contributed by atoms with Crippen molar-refractivity contribution >= 4 is 11.5 Å². The Morgan fingerprint density at radius 2 is 2.07 bits per heavy atom. The first-order chi connectivity index (χ1) is 14.2. The lowest BCUT2D eigenvalue weighted by molar-refractivity contribution is 0.311. The molecule has 0 radical (unpaired) electrons. The van der Waals surface area contributed by atoms with Gasteiger partial charge in [0, 0.05) is 18.2 Å². The number of aliphatic hydroxyl groups excluding tert-OH is 1. The van der Waals surface area contributed by atoms with Crippen LogP contribution in [0.5, 0.6) is 0 Å². The third-order valence-electron chi connectivity index (χ3n) is 4.21. The summed E-state index contributed by atoms with van der Waals surface area (Å²) in [5.41, 5.74) is 8.36. The van der Waals surface area contributed by atoms with Gasteiger partial charge in [-0.25, -0.2) is 14.4 Å². The monoisotopic (exact) mass is 395 g/mol. The summed E-state index contributed by atoms with van der Waals surface area (Å²) in [6.07, 6.45) is 2.92. The van der Waals surface area contributed by atoms with Crippen LogP contribution in [0.2, 0.25) is 0 Å². The largest absolute Gasteiger partial charge is 0.395 e. The van der Waals surface area contributed by atoms with Crippen molar-refractivity contribution in [2.24, 2.45) is 0 Å². The molecule has 0 aliphatic carbocycles. The fourth-order valence-corrected chi connectivity index (χ4v) is 2.82. The van der Waals surface area contributed by atoms with Crippen LogP contribution in [-0.2, 0) is 6.54 Å². The zero-order chi connectivity index (χ0) is 20.2. The Bertz CT molecular complexity index is 1110. The van der Waals surface area contributed by atoms with E-state index in [1.807, 2.05) is 0 Å². The van der Waals surface area contributed by atoms with Crippen molar-refractivity contribution in [3.63, 3.8) is 0 Å². The number of anilines is 2. The molecule has 0 aliphatic heterocycles. The molecule has 0 fully saturated rings. The number of aliphatic hydroxyl groups is 1. The average Bonchev–Trinajstić information content (AvgIpc) is 3.39. The second-order valence-corrected chi connectivity index (χ2v) is 6.20. The van der Waals surface area contributed by atoms with Crippen molar-refractivity contribution in [2.75, 3.05) is 24.2 Å². The lowest BCUT2D eigenvalue weighted by atomic mass is 10.2. The number of benzene rings is 1. The lowest BCUT2D eigenvalue weighted by Crippen LogP contribution is -2.10. The van der Waals surface area contributed by atoms with E-state index in [0.717, 1.165) is 0 Å². The summed E-state index contributed by atoms with van der Waals surface area (Å²) in [6.45, 7) is 0.429. The average molecular weight is 395 g/mol. The van der Waals surface area contributed by atoms with Crippen LogP contribution in [-0.4, -0.2) is 43.2 Å². The van der Waals surface area contributed by atoms with Crippen LogP contribution in [0.15, 0.2) is 53.4 Å². The molecular weight excluding hydrogens is 377 g/mol. The van der Waals surface area contributed by atoms with Crippen molar-refractivity contribution in [3.8, 4) is 22.9 Å². The van der Waals surface area contributed by atoms with Crippen molar-refractivity contribution in [2.45, 2.75) is 6.54 Å². The Morgan fingerprint density at radius 3 is 2.83 bits per heavy atom. The fraction of sp³-hybridized carbons (Fsp3) is 0.158. The maximum absolute atomic E-state index is 14.2. The van der Waals surface area contributed by atoms with Gasteiger partial charge >= 0.3 is 0 Å². The van der Waals surface area contributed by atoms with Crippen molar-refractivity contribution in [3.05, 3.63) is 60.2 Å². The summed E-state index contributed by atoms with van der Waals surface area (Å²) in [7, 11) is 0. The molecule has 0 saturated carbocycles. The number of nitrogens with one attached hydrogen (secondary N) is 1. The van der Waals surface area contributed by atoms with E-state index in [2.05, 4.69) is 25.5 Å². The molecule has 10 heteroatoms. The van der Waals surface area contributed by atoms with Gasteiger partial charge in [0.25, 0.3) is 0 Å². The van der Waals surface area contributed by atoms with E-state index in [9.17, 15) is 4.39 Å². The van der Waals surface area contributed by atoms with Gasteiger partial charge in [-0.15, -0.1) is 0 Å². The number of halogens is 1. The summed E-state index contributed by atoms with van der Waals surface area (Å²) >= 11 is 0. The number of aromatic nitrogens is 5. The highest BCUT2D eigenvalue weighted by Gasteiger charge is 2.17. The zero-order valence-corrected chi connectivity index (χ0v) is 15.3. The SMILES string of the molecule is Nc1cnc(-c2cc(-c3ccon3)n(Cc3ccccc3F)n2)nc1NCCO. The molecule has 0 saturated heterocycles. The molecule has 0 bridgehead atoms. The zero-order valence-electron chi connectivity index (χ0n) is 15.3. The molecule has 4 aromatic rings. The number of nitrogen functional groups attached to an aromatic ring is 1. The minimum atomic E-state index is -0.324. The van der Waals surface area contributed by atoms with E-state index in [1.165, 1.54) is 18.5 Å². The van der Waals surface area contributed by atoms with Gasteiger partial charge in [-0.3, -0.25) is 4.68 Å². The molecule has 4 rings (SSSR count). The Kier molecular flexibility index (Phi) is 5.16. The van der Waals surface area contributed by atoms with Gasteiger partial charge in [-0.1, -0.05) is 23.4 Å². The molecule has 0 aliphatic rings. The smallest absolute Gasteiger partial charge is 0.182 e. The Morgan fingerprint density at radius 1 is 1.21 bits per heavy atom. The van der Waals surface area contributed by atoms with E-state index < -0.39 is 0 Å². The number of hydrogen-bond donors (Lipinski definition) is 3. The minimum absolute atomic E-state index is 0.0631. The van der Waals surface area contributed by atoms with Gasteiger partial charge in [-0.05, 0) is 12.1 Å². The molecule has 3 aromatic heterocycles. The van der Waals surface area contributed by atoms with Gasteiger partial charge in [0.2, 0.25) is 0 Å². The third kappa shape index (κ3) is 3.92. The fourth-order valence-electron chi connectivity index (χ4n) is 2.82. The number of hydrogen-bond acceptors (Lipinski definition) is 8. The first kappa shape index (κ1) is 18.6. The summed E-state index contributed by atoms with van der Waals surface area (Å²) in [6, 6.07) is 9.93. The molecule has 4 N–H and O–H groups in total. The molecule has 148 valence electrons. The van der Waals surface area contributed by atoms with Crippen LogP contribution in [0.25, 0.3) is 22.9 Å². The number of nitrogens with two attached hydrogens (primary N) is 1.